The van der Waals surface area contributed by atoms with Gasteiger partial charge >= 0.3 is 0 Å². The number of halogens is 1. The number of hydrogen-bond donors (Lipinski definition) is 4. The van der Waals surface area contributed by atoms with Crippen LogP contribution in [0.25, 0.3) is 0 Å². The Kier molecular flexibility index (Phi) is 5.25. The van der Waals surface area contributed by atoms with Crippen LogP contribution in [0, 0.1) is 0 Å². The summed E-state index contributed by atoms with van der Waals surface area (Å²) in [6.45, 7) is 0. The minimum atomic E-state index is -4.03. The highest BCUT2D eigenvalue weighted by molar-refractivity contribution is 7.89. The molecule has 10 heteroatoms. The quantitative estimate of drug-likeness (QED) is 0.464. The van der Waals surface area contributed by atoms with Gasteiger partial charge in [0.15, 0.2) is 11.9 Å². The van der Waals surface area contributed by atoms with E-state index in [1.807, 2.05) is 30.3 Å². The molecule has 1 saturated carbocycles. The fourth-order valence-corrected chi connectivity index (χ4v) is 5.03. The largest absolute Gasteiger partial charge is 0.504 e. The first-order valence-corrected chi connectivity index (χ1v) is 11.4. The van der Waals surface area contributed by atoms with E-state index in [-0.39, 0.29) is 27.6 Å². The average Bonchev–Trinajstić information content (AvgIpc) is 3.53. The summed E-state index contributed by atoms with van der Waals surface area (Å²) in [7, 11) is -1.38. The molecule has 164 valence electrons. The van der Waals surface area contributed by atoms with Gasteiger partial charge in [0, 0.05) is 14.1 Å². The summed E-state index contributed by atoms with van der Waals surface area (Å²) < 4.78 is 26.0. The van der Waals surface area contributed by atoms with E-state index in [2.05, 4.69) is 10.6 Å². The summed E-state index contributed by atoms with van der Waals surface area (Å²) in [4.78, 5) is 11.9. The maximum atomic E-state index is 12.6. The van der Waals surface area contributed by atoms with Crippen LogP contribution in [0.4, 0.5) is 5.69 Å². The molecule has 4 N–H and O–H groups in total. The van der Waals surface area contributed by atoms with Crippen molar-refractivity contribution in [2.75, 3.05) is 19.4 Å². The van der Waals surface area contributed by atoms with Gasteiger partial charge < -0.3 is 20.8 Å². The predicted molar refractivity (Wildman–Crippen MR) is 116 cm³/mol. The van der Waals surface area contributed by atoms with Crippen molar-refractivity contribution < 1.29 is 23.4 Å². The Morgan fingerprint density at radius 3 is 2.35 bits per heavy atom. The van der Waals surface area contributed by atoms with Gasteiger partial charge in [0.1, 0.15) is 10.6 Å². The molecule has 0 aromatic heterocycles. The second kappa shape index (κ2) is 7.52. The molecular weight excluding hydrogens is 442 g/mol. The molecule has 1 unspecified atom stereocenters. The fraction of sp³-hybridized carbons (Fsp3) is 0.286. The van der Waals surface area contributed by atoms with Gasteiger partial charge in [-0.3, -0.25) is 4.79 Å². The van der Waals surface area contributed by atoms with E-state index in [1.165, 1.54) is 26.2 Å². The Labute approximate surface area is 185 Å². The van der Waals surface area contributed by atoms with Gasteiger partial charge in [0.25, 0.3) is 0 Å². The van der Waals surface area contributed by atoms with Crippen molar-refractivity contribution in [3.63, 3.8) is 0 Å². The summed E-state index contributed by atoms with van der Waals surface area (Å²) in [6.07, 6.45) is 0.251. The number of benzene rings is 2. The zero-order chi connectivity index (χ0) is 22.6. The molecule has 0 saturated heterocycles. The van der Waals surface area contributed by atoms with E-state index in [0.29, 0.717) is 0 Å². The number of Topliss-reactive ketones (excluding diaryl/α,β-unsaturated/α-hetero) is 1. The molecular formula is C21H22ClN3O5S. The van der Waals surface area contributed by atoms with Crippen LogP contribution < -0.4 is 10.6 Å². The van der Waals surface area contributed by atoms with E-state index < -0.39 is 32.6 Å². The standard InChI is InChI=1S/C21H22ClN3O5S/c1-25(2)31(29,30)20-13(22)8-9-14(17(20)26)23-15-16(19(28)18(15)27)24-21(10-11-21)12-6-4-3-5-7-12/h3-9,18,23-24,26-27H,10-11H2,1-2H3. The van der Waals surface area contributed by atoms with Crippen LogP contribution in [0.3, 0.4) is 0 Å². The second-order valence-corrected chi connectivity index (χ2v) is 10.3. The van der Waals surface area contributed by atoms with Gasteiger partial charge in [-0.1, -0.05) is 41.9 Å². The predicted octanol–water partition coefficient (Wildman–Crippen LogP) is 2.14. The van der Waals surface area contributed by atoms with E-state index in [0.717, 1.165) is 22.7 Å². The summed E-state index contributed by atoms with van der Waals surface area (Å²) in [5.41, 5.74) is 1.03. The maximum Gasteiger partial charge on any atom is 0.247 e. The molecule has 1 atom stereocenters. The number of sulfonamides is 1. The first kappa shape index (κ1) is 21.6. The van der Waals surface area contributed by atoms with Crippen LogP contribution in [0.1, 0.15) is 18.4 Å². The first-order valence-electron chi connectivity index (χ1n) is 9.60. The average molecular weight is 464 g/mol. The molecule has 8 nitrogen and oxygen atoms in total. The van der Waals surface area contributed by atoms with Crippen molar-refractivity contribution in [3.05, 3.63) is 64.4 Å². The Morgan fingerprint density at radius 2 is 1.77 bits per heavy atom. The van der Waals surface area contributed by atoms with E-state index in [4.69, 9.17) is 11.6 Å². The lowest BCUT2D eigenvalue weighted by atomic mass is 9.92. The summed E-state index contributed by atoms with van der Waals surface area (Å²) in [5.74, 6) is -1.07. The number of aliphatic hydroxyl groups is 1. The summed E-state index contributed by atoms with van der Waals surface area (Å²) in [6, 6.07) is 12.4. The van der Waals surface area contributed by atoms with Crippen LogP contribution in [-0.4, -0.2) is 48.9 Å². The van der Waals surface area contributed by atoms with Gasteiger partial charge in [0.05, 0.1) is 21.9 Å². The molecule has 0 bridgehead atoms. The van der Waals surface area contributed by atoms with Crippen molar-refractivity contribution in [3.8, 4) is 5.75 Å². The third-order valence-electron chi connectivity index (χ3n) is 5.57. The Bertz CT molecular complexity index is 1190. The number of anilines is 1. The van der Waals surface area contributed by atoms with E-state index in [9.17, 15) is 23.4 Å². The molecule has 0 aliphatic heterocycles. The molecule has 0 spiro atoms. The molecule has 2 aromatic carbocycles. The normalized spacial score (nSPS) is 19.9. The zero-order valence-electron chi connectivity index (χ0n) is 16.9. The number of phenols is 1. The van der Waals surface area contributed by atoms with Crippen LogP contribution in [-0.2, 0) is 20.4 Å². The maximum absolute atomic E-state index is 12.6. The molecule has 4 rings (SSSR count). The second-order valence-electron chi connectivity index (χ2n) is 7.81. The Balaban J connectivity index is 1.69. The highest BCUT2D eigenvalue weighted by Gasteiger charge is 2.49. The van der Waals surface area contributed by atoms with Crippen molar-refractivity contribution in [1.29, 1.82) is 0 Å². The van der Waals surface area contributed by atoms with Crippen molar-refractivity contribution in [2.24, 2.45) is 0 Å². The number of aliphatic hydroxyl groups excluding tert-OH is 1. The zero-order valence-corrected chi connectivity index (χ0v) is 18.5. The number of nitrogens with zero attached hydrogens (tertiary/aromatic N) is 1. The van der Waals surface area contributed by atoms with Crippen LogP contribution in [0.15, 0.2) is 58.8 Å². The monoisotopic (exact) mass is 463 g/mol. The third kappa shape index (κ3) is 3.57. The van der Waals surface area contributed by atoms with E-state index in [1.54, 1.807) is 0 Å². The smallest absolute Gasteiger partial charge is 0.247 e. The lowest BCUT2D eigenvalue weighted by Crippen LogP contribution is -2.48. The van der Waals surface area contributed by atoms with Crippen LogP contribution in [0.5, 0.6) is 5.75 Å². The molecule has 31 heavy (non-hydrogen) atoms. The van der Waals surface area contributed by atoms with Crippen molar-refractivity contribution in [1.82, 2.24) is 9.62 Å². The lowest BCUT2D eigenvalue weighted by molar-refractivity contribution is -0.125. The SMILES string of the molecule is CN(C)S(=O)(=O)c1c(Cl)ccc(NC2=C(NC3(c4ccccc4)CC3)C(=O)C2O)c1O. The highest BCUT2D eigenvalue weighted by atomic mass is 35.5. The lowest BCUT2D eigenvalue weighted by Gasteiger charge is -2.33. The fourth-order valence-electron chi connectivity index (χ4n) is 3.55. The van der Waals surface area contributed by atoms with Gasteiger partial charge in [-0.05, 0) is 30.5 Å². The number of nitrogens with one attached hydrogen (secondary N) is 2. The van der Waals surface area contributed by atoms with Crippen LogP contribution in [0.2, 0.25) is 5.02 Å². The molecule has 2 aromatic rings. The van der Waals surface area contributed by atoms with Gasteiger partial charge in [-0.2, -0.15) is 0 Å². The number of aromatic hydroxyl groups is 1. The number of ketones is 1. The highest BCUT2D eigenvalue weighted by Crippen LogP contribution is 2.47. The Morgan fingerprint density at radius 1 is 1.13 bits per heavy atom. The third-order valence-corrected chi connectivity index (χ3v) is 7.89. The Hall–Kier alpha value is -2.59. The molecule has 0 heterocycles. The summed E-state index contributed by atoms with van der Waals surface area (Å²) in [5, 5.41) is 26.7. The number of carbonyl (C=O) groups excluding carboxylic acids is 1. The molecule has 2 aliphatic rings. The minimum absolute atomic E-state index is 0.00948. The van der Waals surface area contributed by atoms with Gasteiger partial charge in [-0.25, -0.2) is 12.7 Å². The first-order chi connectivity index (χ1) is 14.6. The molecule has 2 aliphatic carbocycles. The van der Waals surface area contributed by atoms with Crippen molar-refractivity contribution in [2.45, 2.75) is 29.4 Å². The van der Waals surface area contributed by atoms with Gasteiger partial charge in [-0.15, -0.1) is 0 Å². The minimum Gasteiger partial charge on any atom is -0.504 e. The summed E-state index contributed by atoms with van der Waals surface area (Å²) >= 11 is 6.04. The number of rotatable bonds is 7. The molecule has 1 fully saturated rings. The number of phenolic OH excluding ortho intramolecular Hbond substituents is 1. The van der Waals surface area contributed by atoms with Crippen LogP contribution >= 0.6 is 11.6 Å². The topological polar surface area (TPSA) is 119 Å². The molecule has 0 amide bonds. The van der Waals surface area contributed by atoms with Crippen molar-refractivity contribution >= 4 is 33.1 Å². The van der Waals surface area contributed by atoms with E-state index >= 15 is 0 Å². The van der Waals surface area contributed by atoms with Gasteiger partial charge in [0.2, 0.25) is 15.8 Å². The molecule has 0 radical (unpaired) electrons. The number of hydrogen-bond acceptors (Lipinski definition) is 7. The number of carbonyl (C=O) groups is 1.